The van der Waals surface area contributed by atoms with Gasteiger partial charge in [-0.3, -0.25) is 20.4 Å². The highest BCUT2D eigenvalue weighted by Crippen LogP contribution is 2.18. The van der Waals surface area contributed by atoms with E-state index in [2.05, 4.69) is 21.5 Å². The van der Waals surface area contributed by atoms with E-state index in [-0.39, 0.29) is 23.7 Å². The topological polar surface area (TPSA) is 112 Å². The molecular formula is C23H24F2N6O2. The second-order valence-electron chi connectivity index (χ2n) is 7.73. The first-order chi connectivity index (χ1) is 15.9. The smallest absolute Gasteiger partial charge is 0.268 e. The zero-order valence-corrected chi connectivity index (χ0v) is 17.8. The van der Waals surface area contributed by atoms with Gasteiger partial charge in [0.2, 0.25) is 0 Å². The molecule has 10 heteroatoms. The van der Waals surface area contributed by atoms with Crippen molar-refractivity contribution in [3.63, 3.8) is 0 Å². The molecule has 0 bridgehead atoms. The van der Waals surface area contributed by atoms with E-state index in [0.717, 1.165) is 32.0 Å². The minimum Gasteiger partial charge on any atom is -0.379 e. The predicted octanol–water partition coefficient (Wildman–Crippen LogP) is 2.05. The average Bonchev–Trinajstić information content (AvgIpc) is 3.35. The highest BCUT2D eigenvalue weighted by Gasteiger charge is 2.20. The molecule has 8 nitrogen and oxygen atoms in total. The number of hydrazine groups is 1. The Morgan fingerprint density at radius 2 is 1.76 bits per heavy atom. The fourth-order valence-electron chi connectivity index (χ4n) is 3.68. The Labute approximate surface area is 189 Å². The molecule has 4 rings (SSSR count). The van der Waals surface area contributed by atoms with Crippen molar-refractivity contribution in [2.75, 3.05) is 18.4 Å². The number of hydrogen-bond acceptors (Lipinski definition) is 6. The molecule has 6 N–H and O–H groups in total. The van der Waals surface area contributed by atoms with Gasteiger partial charge in [-0.1, -0.05) is 12.1 Å². The third-order valence-electron chi connectivity index (χ3n) is 5.43. The second-order valence-corrected chi connectivity index (χ2v) is 7.73. The van der Waals surface area contributed by atoms with E-state index in [1.54, 1.807) is 30.3 Å². The Morgan fingerprint density at radius 1 is 1.03 bits per heavy atom. The third-order valence-corrected chi connectivity index (χ3v) is 5.43. The molecule has 0 atom stereocenters. The number of nitrogens with zero attached hydrogens (tertiary/aromatic N) is 1. The molecule has 2 aliphatic rings. The Kier molecular flexibility index (Phi) is 6.43. The molecule has 1 saturated heterocycles. The molecule has 33 heavy (non-hydrogen) atoms. The third kappa shape index (κ3) is 5.05. The molecule has 2 amide bonds. The molecule has 0 aliphatic carbocycles. The fourth-order valence-corrected chi connectivity index (χ4v) is 3.68. The van der Waals surface area contributed by atoms with Gasteiger partial charge in [-0.25, -0.2) is 8.78 Å². The number of rotatable bonds is 7. The van der Waals surface area contributed by atoms with Crippen molar-refractivity contribution in [1.82, 2.24) is 21.1 Å². The molecule has 0 saturated carbocycles. The fraction of sp³-hybridized carbons (Fsp3) is 0.217. The lowest BCUT2D eigenvalue weighted by molar-refractivity contribution is -0.115. The van der Waals surface area contributed by atoms with Crippen molar-refractivity contribution in [1.29, 1.82) is 0 Å². The van der Waals surface area contributed by atoms with E-state index in [9.17, 15) is 18.4 Å². The number of anilines is 1. The van der Waals surface area contributed by atoms with Gasteiger partial charge >= 0.3 is 0 Å². The summed E-state index contributed by atoms with van der Waals surface area (Å²) in [6.07, 6.45) is 3.64. The van der Waals surface area contributed by atoms with Gasteiger partial charge in [0.1, 0.15) is 11.5 Å². The maximum atomic E-state index is 14.0. The number of carbonyl (C=O) groups is 2. The zero-order valence-electron chi connectivity index (χ0n) is 17.8. The minimum atomic E-state index is -0.959. The molecule has 0 aromatic heterocycles. The van der Waals surface area contributed by atoms with Gasteiger partial charge in [0.15, 0.2) is 11.6 Å². The van der Waals surface area contributed by atoms with Crippen LogP contribution in [0.1, 0.15) is 28.8 Å². The molecular weight excluding hydrogens is 430 g/mol. The lowest BCUT2D eigenvalue weighted by Gasteiger charge is -2.24. The van der Waals surface area contributed by atoms with Crippen LogP contribution in [0.5, 0.6) is 0 Å². The lowest BCUT2D eigenvalue weighted by Crippen LogP contribution is -2.43. The maximum absolute atomic E-state index is 14.0. The number of amides is 2. The van der Waals surface area contributed by atoms with Crippen LogP contribution in [-0.2, 0) is 11.3 Å². The highest BCUT2D eigenvalue weighted by molar-refractivity contribution is 5.95. The van der Waals surface area contributed by atoms with Gasteiger partial charge in [0.25, 0.3) is 11.8 Å². The summed E-state index contributed by atoms with van der Waals surface area (Å²) in [6, 6.07) is 10.9. The normalized spacial score (nSPS) is 15.5. The van der Waals surface area contributed by atoms with Crippen molar-refractivity contribution < 1.29 is 18.4 Å². The zero-order chi connectivity index (χ0) is 23.4. The van der Waals surface area contributed by atoms with Gasteiger partial charge in [-0.05, 0) is 43.2 Å². The first-order valence-electron chi connectivity index (χ1n) is 10.5. The Morgan fingerprint density at radius 3 is 2.45 bits per heavy atom. The maximum Gasteiger partial charge on any atom is 0.268 e. The molecule has 1 fully saturated rings. The number of halogens is 2. The number of likely N-dealkylation sites (tertiary alicyclic amines) is 1. The van der Waals surface area contributed by atoms with Crippen molar-refractivity contribution in [3.05, 3.63) is 88.5 Å². The number of nitrogens with two attached hydrogens (primary N) is 1. The summed E-state index contributed by atoms with van der Waals surface area (Å²) in [5.41, 5.74) is 12.7. The molecule has 2 aliphatic heterocycles. The molecule has 2 aromatic rings. The van der Waals surface area contributed by atoms with Crippen molar-refractivity contribution >= 4 is 17.5 Å². The van der Waals surface area contributed by atoms with E-state index >= 15 is 0 Å². The van der Waals surface area contributed by atoms with E-state index in [4.69, 9.17) is 5.73 Å². The number of benzene rings is 2. The van der Waals surface area contributed by atoms with Crippen molar-refractivity contribution in [2.24, 2.45) is 5.73 Å². The molecule has 2 aromatic carbocycles. The summed E-state index contributed by atoms with van der Waals surface area (Å²) < 4.78 is 27.4. The number of carbonyl (C=O) groups excluding carboxylic acids is 2. The van der Waals surface area contributed by atoms with Gasteiger partial charge in [0, 0.05) is 42.5 Å². The Hall–Kier alpha value is -4.08. The van der Waals surface area contributed by atoms with E-state index in [1.165, 1.54) is 12.1 Å². The average molecular weight is 454 g/mol. The summed E-state index contributed by atoms with van der Waals surface area (Å²) in [4.78, 5) is 26.1. The molecule has 0 spiro atoms. The van der Waals surface area contributed by atoms with Gasteiger partial charge < -0.3 is 21.3 Å². The monoisotopic (exact) mass is 454 g/mol. The first-order valence-corrected chi connectivity index (χ1v) is 10.5. The Bertz CT molecular complexity index is 1120. The van der Waals surface area contributed by atoms with Crippen molar-refractivity contribution in [3.8, 4) is 0 Å². The molecule has 0 unspecified atom stereocenters. The van der Waals surface area contributed by atoms with Crippen LogP contribution < -0.4 is 27.2 Å². The van der Waals surface area contributed by atoms with Gasteiger partial charge in [0.05, 0.1) is 5.70 Å². The van der Waals surface area contributed by atoms with Crippen LogP contribution in [-0.4, -0.2) is 29.8 Å². The standard InChI is InChI=1S/C23H24F2N6O2/c24-17-5-3-4-15(20(17)25)13-27-18-12-19(29-30-21(18)22(26)32)28-16-8-6-14(7-9-16)23(33)31-10-1-2-11-31/h3-9,12,27-30H,1-2,10-11,13H2,(H2,26,32). The summed E-state index contributed by atoms with van der Waals surface area (Å²) in [5.74, 6) is -2.16. The number of allylic oxidation sites excluding steroid dienone is 1. The second kappa shape index (κ2) is 9.60. The summed E-state index contributed by atoms with van der Waals surface area (Å²) in [7, 11) is 0. The lowest BCUT2D eigenvalue weighted by atomic mass is 10.1. The molecule has 0 radical (unpaired) electrons. The summed E-state index contributed by atoms with van der Waals surface area (Å²) in [5, 5.41) is 6.04. The van der Waals surface area contributed by atoms with Crippen LogP contribution in [0.25, 0.3) is 0 Å². The quantitative estimate of drug-likeness (QED) is 0.438. The van der Waals surface area contributed by atoms with E-state index in [1.807, 2.05) is 4.90 Å². The number of nitrogens with one attached hydrogen (secondary N) is 4. The molecule has 2 heterocycles. The summed E-state index contributed by atoms with van der Waals surface area (Å²) >= 11 is 0. The van der Waals surface area contributed by atoms with Crippen LogP contribution in [0.2, 0.25) is 0 Å². The van der Waals surface area contributed by atoms with E-state index in [0.29, 0.717) is 22.8 Å². The van der Waals surface area contributed by atoms with Gasteiger partial charge in [-0.2, -0.15) is 0 Å². The van der Waals surface area contributed by atoms with Gasteiger partial charge in [-0.15, -0.1) is 0 Å². The van der Waals surface area contributed by atoms with Crippen LogP contribution in [0.15, 0.2) is 65.8 Å². The van der Waals surface area contributed by atoms with Crippen LogP contribution >= 0.6 is 0 Å². The molecule has 172 valence electrons. The minimum absolute atomic E-state index is 0.0147. The largest absolute Gasteiger partial charge is 0.379 e. The number of primary amides is 1. The van der Waals surface area contributed by atoms with E-state index < -0.39 is 17.5 Å². The predicted molar refractivity (Wildman–Crippen MR) is 119 cm³/mol. The summed E-state index contributed by atoms with van der Waals surface area (Å²) in [6.45, 7) is 1.50. The Balaban J connectivity index is 1.46. The van der Waals surface area contributed by atoms with Crippen LogP contribution in [0.3, 0.4) is 0 Å². The SMILES string of the molecule is NC(=O)C1=C(NCc2cccc(F)c2F)C=C(Nc2ccc(C(=O)N3CCCC3)cc2)NN1. The highest BCUT2D eigenvalue weighted by atomic mass is 19.2. The van der Waals surface area contributed by atoms with Crippen LogP contribution in [0.4, 0.5) is 14.5 Å². The number of hydrogen-bond donors (Lipinski definition) is 5. The first kappa shape index (κ1) is 22.1. The van der Waals surface area contributed by atoms with Crippen LogP contribution in [0, 0.1) is 11.6 Å². The van der Waals surface area contributed by atoms with Crippen molar-refractivity contribution in [2.45, 2.75) is 19.4 Å².